The third-order valence-corrected chi connectivity index (χ3v) is 4.29. The van der Waals surface area contributed by atoms with Crippen LogP contribution < -0.4 is 5.32 Å². The van der Waals surface area contributed by atoms with E-state index < -0.39 is 11.6 Å². The van der Waals surface area contributed by atoms with Gasteiger partial charge in [-0.2, -0.15) is 4.98 Å². The van der Waals surface area contributed by atoms with Crippen molar-refractivity contribution >= 4 is 22.4 Å². The summed E-state index contributed by atoms with van der Waals surface area (Å²) in [6.45, 7) is 3.89. The molecule has 0 aliphatic heterocycles. The van der Waals surface area contributed by atoms with Crippen LogP contribution in [0.3, 0.4) is 0 Å². The van der Waals surface area contributed by atoms with E-state index in [1.165, 1.54) is 11.4 Å². The fourth-order valence-electron chi connectivity index (χ4n) is 2.19. The van der Waals surface area contributed by atoms with Crippen LogP contribution in [0.4, 0.5) is 13.9 Å². The Morgan fingerprint density at radius 2 is 2.00 bits per heavy atom. The van der Waals surface area contributed by atoms with Gasteiger partial charge >= 0.3 is 0 Å². The number of carbonyl (C=O) groups excluding carboxylic acids is 1. The van der Waals surface area contributed by atoms with Gasteiger partial charge in [-0.05, 0) is 12.1 Å². The molecule has 0 aliphatic rings. The monoisotopic (exact) mass is 378 g/mol. The van der Waals surface area contributed by atoms with Crippen molar-refractivity contribution in [2.75, 3.05) is 5.32 Å². The summed E-state index contributed by atoms with van der Waals surface area (Å²) in [4.78, 5) is 20.3. The number of carbonyl (C=O) groups is 1. The molecule has 136 valence electrons. The molecule has 3 rings (SSSR count). The van der Waals surface area contributed by atoms with E-state index in [0.717, 1.165) is 23.5 Å². The summed E-state index contributed by atoms with van der Waals surface area (Å²) < 4.78 is 32.7. The first-order valence-corrected chi connectivity index (χ1v) is 8.84. The number of nitrogens with zero attached hydrogens (tertiary/aromatic N) is 3. The molecule has 1 amide bonds. The van der Waals surface area contributed by atoms with Crippen molar-refractivity contribution in [3.8, 4) is 11.3 Å². The summed E-state index contributed by atoms with van der Waals surface area (Å²) in [5, 5.41) is 8.19. The Kier molecular flexibility index (Phi) is 5.36. The molecular formula is C17H16F2N4O2S. The summed E-state index contributed by atoms with van der Waals surface area (Å²) in [6.07, 6.45) is 0.425. The highest BCUT2D eigenvalue weighted by molar-refractivity contribution is 7.14. The number of aryl methyl sites for hydroxylation is 1. The Hall–Kier alpha value is -2.68. The third-order valence-electron chi connectivity index (χ3n) is 3.54. The van der Waals surface area contributed by atoms with E-state index in [2.05, 4.69) is 20.4 Å². The maximum Gasteiger partial charge on any atom is 0.227 e. The van der Waals surface area contributed by atoms with Crippen molar-refractivity contribution in [3.63, 3.8) is 0 Å². The lowest BCUT2D eigenvalue weighted by molar-refractivity contribution is -0.116. The van der Waals surface area contributed by atoms with Crippen molar-refractivity contribution < 1.29 is 18.1 Å². The number of rotatable bonds is 6. The smallest absolute Gasteiger partial charge is 0.227 e. The molecule has 0 bridgehead atoms. The number of amides is 1. The predicted octanol–water partition coefficient (Wildman–Crippen LogP) is 4.17. The van der Waals surface area contributed by atoms with Crippen LogP contribution in [0.25, 0.3) is 11.3 Å². The Bertz CT molecular complexity index is 903. The number of nitrogens with one attached hydrogen (secondary N) is 1. The highest BCUT2D eigenvalue weighted by Gasteiger charge is 2.16. The zero-order valence-electron chi connectivity index (χ0n) is 14.1. The minimum atomic E-state index is -0.703. The zero-order chi connectivity index (χ0) is 18.7. The van der Waals surface area contributed by atoms with Crippen LogP contribution in [0.1, 0.15) is 37.9 Å². The highest BCUT2D eigenvalue weighted by Crippen LogP contribution is 2.29. The van der Waals surface area contributed by atoms with Crippen molar-refractivity contribution in [2.24, 2.45) is 0 Å². The second kappa shape index (κ2) is 7.69. The van der Waals surface area contributed by atoms with E-state index in [-0.39, 0.29) is 34.6 Å². The molecule has 0 unspecified atom stereocenters. The second-order valence-electron chi connectivity index (χ2n) is 5.88. The van der Waals surface area contributed by atoms with Crippen molar-refractivity contribution in [1.82, 2.24) is 15.1 Å². The van der Waals surface area contributed by atoms with Crippen molar-refractivity contribution in [3.05, 3.63) is 46.9 Å². The van der Waals surface area contributed by atoms with Gasteiger partial charge in [-0.1, -0.05) is 25.1 Å². The van der Waals surface area contributed by atoms with Crippen LogP contribution in [0, 0.1) is 11.6 Å². The Morgan fingerprint density at radius 1 is 1.27 bits per heavy atom. The van der Waals surface area contributed by atoms with E-state index >= 15 is 0 Å². The quantitative estimate of drug-likeness (QED) is 0.696. The third kappa shape index (κ3) is 4.10. The Labute approximate surface area is 152 Å². The second-order valence-corrected chi connectivity index (χ2v) is 6.74. The van der Waals surface area contributed by atoms with Gasteiger partial charge in [0.1, 0.15) is 11.6 Å². The summed E-state index contributed by atoms with van der Waals surface area (Å²) in [5.74, 6) is -0.580. The lowest BCUT2D eigenvalue weighted by Crippen LogP contribution is -2.12. The standard InChI is InChI=1S/C17H16F2N4O2S/c1-9(2)16-22-14(25-23-16)7-6-13(24)21-17-20-12(8-26-17)15-10(18)4-3-5-11(15)19/h3-5,8-9H,6-7H2,1-2H3,(H,20,21,24). The number of thiazole rings is 1. The van der Waals surface area contributed by atoms with E-state index in [0.29, 0.717) is 18.1 Å². The number of halogens is 2. The average molecular weight is 378 g/mol. The fraction of sp³-hybridized carbons (Fsp3) is 0.294. The van der Waals surface area contributed by atoms with E-state index in [1.54, 1.807) is 0 Å². The van der Waals surface area contributed by atoms with Gasteiger partial charge in [0.25, 0.3) is 0 Å². The van der Waals surface area contributed by atoms with Gasteiger partial charge in [0.05, 0.1) is 11.3 Å². The molecule has 2 heterocycles. The molecule has 0 saturated carbocycles. The van der Waals surface area contributed by atoms with Gasteiger partial charge in [0, 0.05) is 24.1 Å². The molecular weight excluding hydrogens is 362 g/mol. The van der Waals surface area contributed by atoms with E-state index in [4.69, 9.17) is 4.52 Å². The molecule has 1 aromatic carbocycles. The summed E-state index contributed by atoms with van der Waals surface area (Å²) >= 11 is 1.09. The SMILES string of the molecule is CC(C)c1noc(CCC(=O)Nc2nc(-c3c(F)cccc3F)cs2)n1. The van der Waals surface area contributed by atoms with E-state index in [9.17, 15) is 13.6 Å². The largest absolute Gasteiger partial charge is 0.339 e. The van der Waals surface area contributed by atoms with Gasteiger partial charge in [0.2, 0.25) is 11.8 Å². The number of benzene rings is 1. The minimum Gasteiger partial charge on any atom is -0.339 e. The van der Waals surface area contributed by atoms with Gasteiger partial charge < -0.3 is 9.84 Å². The lowest BCUT2D eigenvalue weighted by atomic mass is 10.1. The molecule has 9 heteroatoms. The first-order valence-electron chi connectivity index (χ1n) is 7.96. The Morgan fingerprint density at radius 3 is 2.65 bits per heavy atom. The lowest BCUT2D eigenvalue weighted by Gasteiger charge is -2.01. The molecule has 6 nitrogen and oxygen atoms in total. The molecule has 1 N–H and O–H groups in total. The van der Waals surface area contributed by atoms with Crippen molar-refractivity contribution in [1.29, 1.82) is 0 Å². The first kappa shape index (κ1) is 18.1. The van der Waals surface area contributed by atoms with Crippen LogP contribution in [-0.4, -0.2) is 21.0 Å². The predicted molar refractivity (Wildman–Crippen MR) is 92.8 cm³/mol. The number of hydrogen-bond donors (Lipinski definition) is 1. The van der Waals surface area contributed by atoms with Crippen molar-refractivity contribution in [2.45, 2.75) is 32.6 Å². The Balaban J connectivity index is 1.61. The molecule has 0 saturated heterocycles. The van der Waals surface area contributed by atoms with Gasteiger partial charge in [-0.25, -0.2) is 13.8 Å². The molecule has 26 heavy (non-hydrogen) atoms. The summed E-state index contributed by atoms with van der Waals surface area (Å²) in [5.41, 5.74) is -0.0734. The molecule has 0 fully saturated rings. The molecule has 0 atom stereocenters. The van der Waals surface area contributed by atoms with Gasteiger partial charge in [0.15, 0.2) is 11.0 Å². The minimum absolute atomic E-state index is 0.128. The summed E-state index contributed by atoms with van der Waals surface area (Å²) in [7, 11) is 0. The maximum atomic E-state index is 13.8. The highest BCUT2D eigenvalue weighted by atomic mass is 32.1. The summed E-state index contributed by atoms with van der Waals surface area (Å²) in [6, 6.07) is 3.60. The molecule has 0 aliphatic carbocycles. The first-order chi connectivity index (χ1) is 12.4. The number of aromatic nitrogens is 3. The van der Waals surface area contributed by atoms with Crippen LogP contribution in [0.15, 0.2) is 28.1 Å². The normalized spacial score (nSPS) is 11.1. The molecule has 3 aromatic rings. The molecule has 0 spiro atoms. The van der Waals surface area contributed by atoms with Crippen LogP contribution in [-0.2, 0) is 11.2 Å². The number of hydrogen-bond acceptors (Lipinski definition) is 6. The number of anilines is 1. The van der Waals surface area contributed by atoms with Crippen LogP contribution >= 0.6 is 11.3 Å². The zero-order valence-corrected chi connectivity index (χ0v) is 14.9. The molecule has 2 aromatic heterocycles. The van der Waals surface area contributed by atoms with Crippen LogP contribution in [0.5, 0.6) is 0 Å². The average Bonchev–Trinajstić information content (AvgIpc) is 3.22. The van der Waals surface area contributed by atoms with Gasteiger partial charge in [-0.3, -0.25) is 4.79 Å². The maximum absolute atomic E-state index is 13.8. The van der Waals surface area contributed by atoms with Crippen LogP contribution in [0.2, 0.25) is 0 Å². The topological polar surface area (TPSA) is 80.9 Å². The van der Waals surface area contributed by atoms with Gasteiger partial charge in [-0.15, -0.1) is 11.3 Å². The molecule has 0 radical (unpaired) electrons. The van der Waals surface area contributed by atoms with E-state index in [1.807, 2.05) is 13.8 Å². The fourth-order valence-corrected chi connectivity index (χ4v) is 2.91.